The van der Waals surface area contributed by atoms with Gasteiger partial charge in [-0.05, 0) is 62.4 Å². The SMILES string of the molecule is Cl.O=C(c1ccc2c(c1)OCCO2)N1CCC2(CCNCC2)CC1. The highest BCUT2D eigenvalue weighted by atomic mass is 35.5. The monoisotopic (exact) mass is 352 g/mol. The molecule has 132 valence electrons. The summed E-state index contributed by atoms with van der Waals surface area (Å²) >= 11 is 0. The van der Waals surface area contributed by atoms with Crippen molar-refractivity contribution in [2.45, 2.75) is 25.7 Å². The normalized spacial score (nSPS) is 21.9. The molecule has 0 saturated carbocycles. The molecule has 2 saturated heterocycles. The summed E-state index contributed by atoms with van der Waals surface area (Å²) in [7, 11) is 0. The molecule has 3 aliphatic heterocycles. The van der Waals surface area contributed by atoms with Crippen LogP contribution in [0.25, 0.3) is 0 Å². The number of piperidine rings is 2. The van der Waals surface area contributed by atoms with Crippen molar-refractivity contribution >= 4 is 18.3 Å². The molecule has 0 aromatic heterocycles. The molecule has 0 radical (unpaired) electrons. The summed E-state index contributed by atoms with van der Waals surface area (Å²) in [4.78, 5) is 14.8. The quantitative estimate of drug-likeness (QED) is 0.843. The largest absolute Gasteiger partial charge is 0.486 e. The van der Waals surface area contributed by atoms with E-state index >= 15 is 0 Å². The van der Waals surface area contributed by atoms with Gasteiger partial charge in [-0.15, -0.1) is 12.4 Å². The third-order valence-corrected chi connectivity index (χ3v) is 5.56. The van der Waals surface area contributed by atoms with Gasteiger partial charge in [0, 0.05) is 18.7 Å². The standard InChI is InChI=1S/C18H24N2O3.ClH/c21-17(14-1-2-15-16(13-14)23-12-11-22-15)20-9-5-18(6-10-20)3-7-19-8-4-18;/h1-2,13,19H,3-12H2;1H. The van der Waals surface area contributed by atoms with Crippen LogP contribution in [0.4, 0.5) is 0 Å². The van der Waals surface area contributed by atoms with E-state index in [-0.39, 0.29) is 18.3 Å². The Labute approximate surface area is 149 Å². The number of rotatable bonds is 1. The molecule has 3 aliphatic rings. The fourth-order valence-corrected chi connectivity index (χ4v) is 4.00. The number of carbonyl (C=O) groups is 1. The minimum absolute atomic E-state index is 0. The molecular weight excluding hydrogens is 328 g/mol. The van der Waals surface area contributed by atoms with Gasteiger partial charge < -0.3 is 19.7 Å². The lowest BCUT2D eigenvalue weighted by Crippen LogP contribution is -2.47. The number of carbonyl (C=O) groups excluding carboxylic acids is 1. The van der Waals surface area contributed by atoms with Crippen molar-refractivity contribution in [1.29, 1.82) is 0 Å². The van der Waals surface area contributed by atoms with Gasteiger partial charge in [-0.1, -0.05) is 0 Å². The Balaban J connectivity index is 0.00000169. The van der Waals surface area contributed by atoms with Crippen LogP contribution in [0.5, 0.6) is 11.5 Å². The Morgan fingerprint density at radius 1 is 1.00 bits per heavy atom. The number of halogens is 1. The Kier molecular flexibility index (Phi) is 5.21. The molecule has 1 aromatic rings. The first kappa shape index (κ1) is 17.4. The Morgan fingerprint density at radius 3 is 2.38 bits per heavy atom. The lowest BCUT2D eigenvalue weighted by molar-refractivity contribution is 0.0495. The maximum atomic E-state index is 12.8. The highest BCUT2D eigenvalue weighted by molar-refractivity contribution is 5.95. The topological polar surface area (TPSA) is 50.8 Å². The first-order valence-electron chi connectivity index (χ1n) is 8.66. The molecule has 0 bridgehead atoms. The molecule has 24 heavy (non-hydrogen) atoms. The summed E-state index contributed by atoms with van der Waals surface area (Å²) in [6.45, 7) is 5.10. The van der Waals surface area contributed by atoms with Crippen LogP contribution < -0.4 is 14.8 Å². The van der Waals surface area contributed by atoms with Crippen LogP contribution in [0.15, 0.2) is 18.2 Å². The Bertz CT molecular complexity index is 592. The van der Waals surface area contributed by atoms with Gasteiger partial charge in [0.2, 0.25) is 0 Å². The lowest BCUT2D eigenvalue weighted by atomic mass is 9.71. The van der Waals surface area contributed by atoms with Gasteiger partial charge in [0.1, 0.15) is 13.2 Å². The fourth-order valence-electron chi connectivity index (χ4n) is 4.00. The molecule has 1 aromatic carbocycles. The van der Waals surface area contributed by atoms with Crippen molar-refractivity contribution < 1.29 is 14.3 Å². The molecule has 1 spiro atoms. The van der Waals surface area contributed by atoms with Gasteiger partial charge in [0.25, 0.3) is 5.91 Å². The number of ether oxygens (including phenoxy) is 2. The molecule has 0 atom stereocenters. The summed E-state index contributed by atoms with van der Waals surface area (Å²) in [6, 6.07) is 5.52. The summed E-state index contributed by atoms with van der Waals surface area (Å²) in [5.41, 5.74) is 1.17. The molecule has 6 heteroatoms. The second-order valence-electron chi connectivity index (χ2n) is 6.90. The zero-order valence-electron chi connectivity index (χ0n) is 13.9. The number of amides is 1. The van der Waals surface area contributed by atoms with Crippen molar-refractivity contribution in [1.82, 2.24) is 10.2 Å². The number of benzene rings is 1. The van der Waals surface area contributed by atoms with Crippen LogP contribution in [-0.4, -0.2) is 50.2 Å². The van der Waals surface area contributed by atoms with Gasteiger partial charge >= 0.3 is 0 Å². The highest BCUT2D eigenvalue weighted by Gasteiger charge is 2.36. The third kappa shape index (κ3) is 3.33. The molecule has 1 amide bonds. The Hall–Kier alpha value is -1.46. The minimum Gasteiger partial charge on any atom is -0.486 e. The number of nitrogens with one attached hydrogen (secondary N) is 1. The maximum absolute atomic E-state index is 12.8. The lowest BCUT2D eigenvalue weighted by Gasteiger charge is -2.44. The molecule has 3 heterocycles. The molecule has 2 fully saturated rings. The van der Waals surface area contributed by atoms with Crippen molar-refractivity contribution in [3.63, 3.8) is 0 Å². The minimum atomic E-state index is 0. The van der Waals surface area contributed by atoms with E-state index in [9.17, 15) is 4.79 Å². The predicted octanol–water partition coefficient (Wildman–Crippen LogP) is 2.49. The Morgan fingerprint density at radius 2 is 1.67 bits per heavy atom. The summed E-state index contributed by atoms with van der Waals surface area (Å²) in [5.74, 6) is 1.54. The average Bonchev–Trinajstić information content (AvgIpc) is 2.62. The predicted molar refractivity (Wildman–Crippen MR) is 94.4 cm³/mol. The zero-order chi connectivity index (χ0) is 15.7. The second kappa shape index (κ2) is 7.19. The first-order valence-corrected chi connectivity index (χ1v) is 8.66. The van der Waals surface area contributed by atoms with E-state index in [1.807, 2.05) is 23.1 Å². The molecule has 0 aliphatic carbocycles. The molecule has 1 N–H and O–H groups in total. The van der Waals surface area contributed by atoms with Crippen LogP contribution in [0.2, 0.25) is 0 Å². The molecule has 0 unspecified atom stereocenters. The average molecular weight is 353 g/mol. The maximum Gasteiger partial charge on any atom is 0.253 e. The van der Waals surface area contributed by atoms with Crippen LogP contribution in [-0.2, 0) is 0 Å². The number of hydrogen-bond acceptors (Lipinski definition) is 4. The highest BCUT2D eigenvalue weighted by Crippen LogP contribution is 2.40. The summed E-state index contributed by atoms with van der Waals surface area (Å²) in [6.07, 6.45) is 4.76. The zero-order valence-corrected chi connectivity index (χ0v) is 14.7. The van der Waals surface area contributed by atoms with Crippen LogP contribution in [0, 0.1) is 5.41 Å². The van der Waals surface area contributed by atoms with Crippen LogP contribution in [0.1, 0.15) is 36.0 Å². The smallest absolute Gasteiger partial charge is 0.253 e. The second-order valence-corrected chi connectivity index (χ2v) is 6.90. The van der Waals surface area contributed by atoms with Crippen molar-refractivity contribution in [2.75, 3.05) is 39.4 Å². The van der Waals surface area contributed by atoms with E-state index in [1.165, 1.54) is 12.8 Å². The van der Waals surface area contributed by atoms with E-state index in [1.54, 1.807) is 0 Å². The summed E-state index contributed by atoms with van der Waals surface area (Å²) < 4.78 is 11.1. The van der Waals surface area contributed by atoms with Crippen LogP contribution >= 0.6 is 12.4 Å². The third-order valence-electron chi connectivity index (χ3n) is 5.56. The number of nitrogens with zero attached hydrogens (tertiary/aromatic N) is 1. The van der Waals surface area contributed by atoms with Gasteiger partial charge in [-0.2, -0.15) is 0 Å². The summed E-state index contributed by atoms with van der Waals surface area (Å²) in [5, 5.41) is 3.44. The van der Waals surface area contributed by atoms with Crippen LogP contribution in [0.3, 0.4) is 0 Å². The number of hydrogen-bond donors (Lipinski definition) is 1. The van der Waals surface area contributed by atoms with Gasteiger partial charge in [0.05, 0.1) is 0 Å². The van der Waals surface area contributed by atoms with E-state index in [0.717, 1.165) is 44.8 Å². The van der Waals surface area contributed by atoms with E-state index in [0.29, 0.717) is 29.9 Å². The van der Waals surface area contributed by atoms with Gasteiger partial charge in [-0.3, -0.25) is 4.79 Å². The molecule has 4 rings (SSSR count). The molecule has 5 nitrogen and oxygen atoms in total. The van der Waals surface area contributed by atoms with Crippen molar-refractivity contribution in [3.8, 4) is 11.5 Å². The van der Waals surface area contributed by atoms with E-state index in [4.69, 9.17) is 9.47 Å². The van der Waals surface area contributed by atoms with Crippen molar-refractivity contribution in [2.24, 2.45) is 5.41 Å². The molecular formula is C18H25ClN2O3. The number of fused-ring (bicyclic) bond motifs is 1. The van der Waals surface area contributed by atoms with E-state index in [2.05, 4.69) is 5.32 Å². The first-order chi connectivity index (χ1) is 11.3. The van der Waals surface area contributed by atoms with Gasteiger partial charge in [0.15, 0.2) is 11.5 Å². The van der Waals surface area contributed by atoms with Crippen molar-refractivity contribution in [3.05, 3.63) is 23.8 Å². The van der Waals surface area contributed by atoms with E-state index < -0.39 is 0 Å². The fraction of sp³-hybridized carbons (Fsp3) is 0.611. The van der Waals surface area contributed by atoms with Gasteiger partial charge in [-0.25, -0.2) is 0 Å². The number of likely N-dealkylation sites (tertiary alicyclic amines) is 1.